The Morgan fingerprint density at radius 2 is 1.74 bits per heavy atom. The van der Waals surface area contributed by atoms with Gasteiger partial charge in [0.1, 0.15) is 12.4 Å². The largest absolute Gasteiger partial charge is 0.487 e. The van der Waals surface area contributed by atoms with Crippen LogP contribution in [0.5, 0.6) is 5.75 Å². The average molecular weight is 483 g/mol. The molecule has 0 aliphatic carbocycles. The quantitative estimate of drug-likeness (QED) is 0.285. The van der Waals surface area contributed by atoms with Crippen LogP contribution in [0.2, 0.25) is 0 Å². The van der Waals surface area contributed by atoms with Crippen LogP contribution in [0.4, 0.5) is 0 Å². The Kier molecular flexibility index (Phi) is 6.49. The lowest BCUT2D eigenvalue weighted by Crippen LogP contribution is -1.98. The molecular formula is C23H17Br2NO. The topological polar surface area (TPSA) is 33.0 Å². The smallest absolute Gasteiger partial charge is 0.141 e. The molecule has 0 atom stereocenters. The normalized spacial score (nSPS) is 11.1. The molecule has 0 saturated carbocycles. The van der Waals surface area contributed by atoms with E-state index in [0.717, 1.165) is 25.6 Å². The number of halogens is 2. The average Bonchev–Trinajstić information content (AvgIpc) is 2.67. The third-order valence-electron chi connectivity index (χ3n) is 4.05. The molecule has 3 rings (SSSR count). The summed E-state index contributed by atoms with van der Waals surface area (Å²) in [6, 6.07) is 24.1. The van der Waals surface area contributed by atoms with E-state index in [4.69, 9.17) is 4.74 Å². The molecule has 0 bridgehead atoms. The molecular weight excluding hydrogens is 466 g/mol. The van der Waals surface area contributed by atoms with Gasteiger partial charge < -0.3 is 4.74 Å². The van der Waals surface area contributed by atoms with Crippen LogP contribution in [0, 0.1) is 18.3 Å². The number of benzene rings is 3. The van der Waals surface area contributed by atoms with E-state index in [2.05, 4.69) is 69.1 Å². The Balaban J connectivity index is 1.96. The molecule has 3 aromatic rings. The first-order valence-corrected chi connectivity index (χ1v) is 10.00. The minimum atomic E-state index is 0.453. The molecule has 4 heteroatoms. The van der Waals surface area contributed by atoms with Crippen LogP contribution in [0.3, 0.4) is 0 Å². The molecule has 3 aromatic carbocycles. The lowest BCUT2D eigenvalue weighted by Gasteiger charge is -2.13. The summed E-state index contributed by atoms with van der Waals surface area (Å²) in [5, 5.41) is 9.62. The summed E-state index contributed by atoms with van der Waals surface area (Å²) in [7, 11) is 0. The van der Waals surface area contributed by atoms with E-state index in [0.29, 0.717) is 17.9 Å². The molecule has 0 aliphatic heterocycles. The van der Waals surface area contributed by atoms with Gasteiger partial charge in [-0.1, -0.05) is 76.1 Å². The fourth-order valence-electron chi connectivity index (χ4n) is 2.63. The SMILES string of the molecule is Cc1ccc(COc2c(Br)cc(Br)cc2/C=C(\C#N)c2ccccc2)cc1. The molecule has 0 N–H and O–H groups in total. The van der Waals surface area contributed by atoms with E-state index in [1.165, 1.54) is 5.56 Å². The molecule has 0 fully saturated rings. The Hall–Kier alpha value is -2.35. The molecule has 2 nitrogen and oxygen atoms in total. The molecule has 0 spiro atoms. The van der Waals surface area contributed by atoms with E-state index in [9.17, 15) is 5.26 Å². The summed E-state index contributed by atoms with van der Waals surface area (Å²) < 4.78 is 7.85. The summed E-state index contributed by atoms with van der Waals surface area (Å²) in [6.07, 6.45) is 1.86. The van der Waals surface area contributed by atoms with E-state index < -0.39 is 0 Å². The Labute approximate surface area is 176 Å². The lowest BCUT2D eigenvalue weighted by atomic mass is 10.0. The highest BCUT2D eigenvalue weighted by Gasteiger charge is 2.11. The molecule has 0 heterocycles. The van der Waals surface area contributed by atoms with Crippen molar-refractivity contribution in [3.63, 3.8) is 0 Å². The molecule has 27 heavy (non-hydrogen) atoms. The van der Waals surface area contributed by atoms with E-state index in [1.807, 2.05) is 48.5 Å². The van der Waals surface area contributed by atoms with Gasteiger partial charge in [0.15, 0.2) is 0 Å². The molecule has 0 saturated heterocycles. The molecule has 0 unspecified atom stereocenters. The van der Waals surface area contributed by atoms with Crippen LogP contribution in [-0.2, 0) is 6.61 Å². The van der Waals surface area contributed by atoms with Crippen molar-refractivity contribution in [1.82, 2.24) is 0 Å². The van der Waals surface area contributed by atoms with Crippen LogP contribution in [0.1, 0.15) is 22.3 Å². The number of ether oxygens (including phenoxy) is 1. The van der Waals surface area contributed by atoms with Gasteiger partial charge in [0.25, 0.3) is 0 Å². The maximum Gasteiger partial charge on any atom is 0.141 e. The van der Waals surface area contributed by atoms with Gasteiger partial charge in [0, 0.05) is 10.0 Å². The first-order valence-electron chi connectivity index (χ1n) is 8.41. The molecule has 134 valence electrons. The molecule has 0 amide bonds. The van der Waals surface area contributed by atoms with E-state index >= 15 is 0 Å². The summed E-state index contributed by atoms with van der Waals surface area (Å²) >= 11 is 7.11. The first kappa shape index (κ1) is 19.4. The van der Waals surface area contributed by atoms with E-state index in [1.54, 1.807) is 0 Å². The Morgan fingerprint density at radius 3 is 2.41 bits per heavy atom. The molecule has 0 radical (unpaired) electrons. The maximum absolute atomic E-state index is 9.62. The molecule has 0 aliphatic rings. The number of nitriles is 1. The van der Waals surface area contributed by atoms with Gasteiger partial charge in [0.2, 0.25) is 0 Å². The van der Waals surface area contributed by atoms with Gasteiger partial charge in [0.05, 0.1) is 16.1 Å². The van der Waals surface area contributed by atoms with Crippen LogP contribution in [0.25, 0.3) is 11.6 Å². The van der Waals surface area contributed by atoms with Crippen LogP contribution in [0.15, 0.2) is 75.7 Å². The minimum Gasteiger partial charge on any atom is -0.487 e. The van der Waals surface area contributed by atoms with Crippen LogP contribution in [-0.4, -0.2) is 0 Å². The van der Waals surface area contributed by atoms with Crippen LogP contribution >= 0.6 is 31.9 Å². The summed E-state index contributed by atoms with van der Waals surface area (Å²) in [4.78, 5) is 0. The molecule has 0 aromatic heterocycles. The number of hydrogen-bond donors (Lipinski definition) is 0. The van der Waals surface area contributed by atoms with Gasteiger partial charge in [-0.15, -0.1) is 0 Å². The van der Waals surface area contributed by atoms with Crippen molar-refractivity contribution >= 4 is 43.5 Å². The van der Waals surface area contributed by atoms with Crippen molar-refractivity contribution in [3.8, 4) is 11.8 Å². The zero-order chi connectivity index (χ0) is 19.2. The minimum absolute atomic E-state index is 0.453. The third-order valence-corrected chi connectivity index (χ3v) is 5.09. The number of hydrogen-bond acceptors (Lipinski definition) is 2. The standard InChI is InChI=1S/C23H17Br2NO/c1-16-7-9-17(10-8-16)15-27-23-19(12-21(24)13-22(23)25)11-20(14-26)18-5-3-2-4-6-18/h2-13H,15H2,1H3/b20-11+. The fraction of sp³-hybridized carbons (Fsp3) is 0.0870. The monoisotopic (exact) mass is 481 g/mol. The van der Waals surface area contributed by atoms with Gasteiger partial charge >= 0.3 is 0 Å². The van der Waals surface area contributed by atoms with Crippen molar-refractivity contribution in [2.45, 2.75) is 13.5 Å². The zero-order valence-electron chi connectivity index (χ0n) is 14.7. The number of allylic oxidation sites excluding steroid dienone is 1. The van der Waals surface area contributed by atoms with Crippen molar-refractivity contribution < 1.29 is 4.74 Å². The lowest BCUT2D eigenvalue weighted by molar-refractivity contribution is 0.303. The van der Waals surface area contributed by atoms with Crippen molar-refractivity contribution in [2.75, 3.05) is 0 Å². The Morgan fingerprint density at radius 1 is 1.04 bits per heavy atom. The second-order valence-electron chi connectivity index (χ2n) is 6.12. The second kappa shape index (κ2) is 9.03. The number of nitrogens with zero attached hydrogens (tertiary/aromatic N) is 1. The Bertz CT molecular complexity index is 1000. The summed E-state index contributed by atoms with van der Waals surface area (Å²) in [6.45, 7) is 2.51. The van der Waals surface area contributed by atoms with Gasteiger partial charge in [-0.05, 0) is 52.2 Å². The fourth-order valence-corrected chi connectivity index (χ4v) is 4.01. The third kappa shape index (κ3) is 5.09. The predicted octanol–water partition coefficient (Wildman–Crippen LogP) is 7.16. The van der Waals surface area contributed by atoms with Gasteiger partial charge in [-0.3, -0.25) is 0 Å². The highest BCUT2D eigenvalue weighted by Crippen LogP contribution is 2.35. The van der Waals surface area contributed by atoms with Crippen LogP contribution < -0.4 is 4.74 Å². The summed E-state index contributed by atoms with van der Waals surface area (Å²) in [5.41, 5.74) is 4.60. The van der Waals surface area contributed by atoms with E-state index in [-0.39, 0.29) is 0 Å². The van der Waals surface area contributed by atoms with Gasteiger partial charge in [-0.2, -0.15) is 5.26 Å². The van der Waals surface area contributed by atoms with Crippen molar-refractivity contribution in [2.24, 2.45) is 0 Å². The first-order chi connectivity index (χ1) is 13.1. The van der Waals surface area contributed by atoms with Crippen molar-refractivity contribution in [1.29, 1.82) is 5.26 Å². The summed E-state index contributed by atoms with van der Waals surface area (Å²) in [5.74, 6) is 0.711. The highest BCUT2D eigenvalue weighted by atomic mass is 79.9. The number of aryl methyl sites for hydroxylation is 1. The highest BCUT2D eigenvalue weighted by molar-refractivity contribution is 9.11. The maximum atomic E-state index is 9.62. The van der Waals surface area contributed by atoms with Gasteiger partial charge in [-0.25, -0.2) is 0 Å². The second-order valence-corrected chi connectivity index (χ2v) is 7.89. The zero-order valence-corrected chi connectivity index (χ0v) is 17.9. The number of rotatable bonds is 5. The predicted molar refractivity (Wildman–Crippen MR) is 117 cm³/mol. The van der Waals surface area contributed by atoms with Crippen molar-refractivity contribution in [3.05, 3.63) is 97.9 Å².